The van der Waals surface area contributed by atoms with Crippen LogP contribution in [0.1, 0.15) is 18.4 Å². The van der Waals surface area contributed by atoms with Crippen molar-refractivity contribution in [2.75, 3.05) is 66.5 Å². The van der Waals surface area contributed by atoms with Gasteiger partial charge in [-0.15, -0.1) is 0 Å². The lowest BCUT2D eigenvalue weighted by atomic mass is 10.2. The average Bonchev–Trinajstić information content (AvgIpc) is 2.61. The van der Waals surface area contributed by atoms with E-state index in [1.54, 1.807) is 7.11 Å². The number of nitrogens with zero attached hydrogens (tertiary/aromatic N) is 3. The standard InChI is InChI=1S/C19H34N4O/c1-21(17-18-5-7-19(24-2)8-6-18)10-4-12-23-15-13-22(14-16-23)11-3-9-20/h5-8H,3-4,9-17,20H2,1-2H3. The van der Waals surface area contributed by atoms with Crippen molar-refractivity contribution in [3.63, 3.8) is 0 Å². The molecule has 0 saturated carbocycles. The van der Waals surface area contributed by atoms with Gasteiger partial charge in [0.2, 0.25) is 0 Å². The second-order valence-corrected chi connectivity index (χ2v) is 6.76. The van der Waals surface area contributed by atoms with E-state index in [2.05, 4.69) is 33.9 Å². The summed E-state index contributed by atoms with van der Waals surface area (Å²) in [7, 11) is 3.91. The number of hydrogen-bond donors (Lipinski definition) is 1. The monoisotopic (exact) mass is 334 g/mol. The molecule has 0 spiro atoms. The molecule has 1 aromatic rings. The molecule has 2 rings (SSSR count). The lowest BCUT2D eigenvalue weighted by Gasteiger charge is -2.34. The van der Waals surface area contributed by atoms with Gasteiger partial charge in [0.15, 0.2) is 0 Å². The summed E-state index contributed by atoms with van der Waals surface area (Å²) >= 11 is 0. The fourth-order valence-electron chi connectivity index (χ4n) is 3.24. The van der Waals surface area contributed by atoms with Gasteiger partial charge in [0, 0.05) is 32.7 Å². The number of benzene rings is 1. The van der Waals surface area contributed by atoms with Crippen molar-refractivity contribution in [1.29, 1.82) is 0 Å². The maximum atomic E-state index is 5.59. The van der Waals surface area contributed by atoms with Crippen molar-refractivity contribution in [1.82, 2.24) is 14.7 Å². The van der Waals surface area contributed by atoms with Gasteiger partial charge < -0.3 is 25.2 Å². The summed E-state index contributed by atoms with van der Waals surface area (Å²) in [6.45, 7) is 10.1. The second-order valence-electron chi connectivity index (χ2n) is 6.76. The van der Waals surface area contributed by atoms with Crippen LogP contribution in [-0.4, -0.2) is 81.2 Å². The highest BCUT2D eigenvalue weighted by Crippen LogP contribution is 2.12. The van der Waals surface area contributed by atoms with E-state index in [0.29, 0.717) is 0 Å². The van der Waals surface area contributed by atoms with E-state index in [4.69, 9.17) is 10.5 Å². The minimum atomic E-state index is 0.806. The molecule has 2 N–H and O–H groups in total. The Morgan fingerprint density at radius 1 is 1.00 bits per heavy atom. The predicted molar refractivity (Wildman–Crippen MR) is 100 cm³/mol. The fourth-order valence-corrected chi connectivity index (χ4v) is 3.24. The summed E-state index contributed by atoms with van der Waals surface area (Å²) < 4.78 is 5.21. The Labute approximate surface area is 147 Å². The lowest BCUT2D eigenvalue weighted by Crippen LogP contribution is -2.47. The molecule has 1 aromatic carbocycles. The van der Waals surface area contributed by atoms with Gasteiger partial charge >= 0.3 is 0 Å². The molecule has 1 aliphatic heterocycles. The van der Waals surface area contributed by atoms with E-state index in [9.17, 15) is 0 Å². The molecular weight excluding hydrogens is 300 g/mol. The minimum Gasteiger partial charge on any atom is -0.497 e. The average molecular weight is 335 g/mol. The van der Waals surface area contributed by atoms with Gasteiger partial charge in [-0.2, -0.15) is 0 Å². The third-order valence-electron chi connectivity index (χ3n) is 4.77. The van der Waals surface area contributed by atoms with Gasteiger partial charge in [-0.25, -0.2) is 0 Å². The topological polar surface area (TPSA) is 45.0 Å². The number of hydrogen-bond acceptors (Lipinski definition) is 5. The summed E-state index contributed by atoms with van der Waals surface area (Å²) in [6.07, 6.45) is 2.35. The molecule has 1 fully saturated rings. The van der Waals surface area contributed by atoms with E-state index in [0.717, 1.165) is 38.3 Å². The molecule has 1 aliphatic rings. The molecule has 0 aliphatic carbocycles. The molecule has 0 aromatic heterocycles. The molecular formula is C19H34N4O. The van der Waals surface area contributed by atoms with Crippen molar-refractivity contribution in [3.8, 4) is 5.75 Å². The number of ether oxygens (including phenoxy) is 1. The Morgan fingerprint density at radius 2 is 1.58 bits per heavy atom. The van der Waals surface area contributed by atoms with Crippen LogP contribution in [0.2, 0.25) is 0 Å². The van der Waals surface area contributed by atoms with Crippen LogP contribution in [0.3, 0.4) is 0 Å². The van der Waals surface area contributed by atoms with Crippen LogP contribution < -0.4 is 10.5 Å². The van der Waals surface area contributed by atoms with Gasteiger partial charge in [0.1, 0.15) is 5.75 Å². The smallest absolute Gasteiger partial charge is 0.118 e. The molecule has 136 valence electrons. The molecule has 0 atom stereocenters. The number of piperazine rings is 1. The lowest BCUT2D eigenvalue weighted by molar-refractivity contribution is 0.127. The molecule has 1 saturated heterocycles. The van der Waals surface area contributed by atoms with Crippen LogP contribution in [0.25, 0.3) is 0 Å². The third kappa shape index (κ3) is 6.77. The van der Waals surface area contributed by atoms with Crippen molar-refractivity contribution >= 4 is 0 Å². The number of methoxy groups -OCH3 is 1. The first-order chi connectivity index (χ1) is 11.7. The maximum absolute atomic E-state index is 5.59. The zero-order chi connectivity index (χ0) is 17.2. The Kier molecular flexibility index (Phi) is 8.53. The van der Waals surface area contributed by atoms with Gasteiger partial charge in [0.05, 0.1) is 7.11 Å². The summed E-state index contributed by atoms with van der Waals surface area (Å²) in [4.78, 5) is 7.54. The Hall–Kier alpha value is -1.14. The van der Waals surface area contributed by atoms with E-state index >= 15 is 0 Å². The maximum Gasteiger partial charge on any atom is 0.118 e. The van der Waals surface area contributed by atoms with Crippen molar-refractivity contribution in [2.24, 2.45) is 5.73 Å². The first kappa shape index (κ1) is 19.2. The quantitative estimate of drug-likeness (QED) is 0.702. The molecule has 1 heterocycles. The van der Waals surface area contributed by atoms with Crippen LogP contribution in [0, 0.1) is 0 Å². The molecule has 0 unspecified atom stereocenters. The summed E-state index contributed by atoms with van der Waals surface area (Å²) in [5.74, 6) is 0.923. The van der Waals surface area contributed by atoms with E-state index in [-0.39, 0.29) is 0 Å². The molecule has 0 amide bonds. The highest BCUT2D eigenvalue weighted by atomic mass is 16.5. The van der Waals surface area contributed by atoms with Gasteiger partial charge in [-0.05, 0) is 63.8 Å². The fraction of sp³-hybridized carbons (Fsp3) is 0.684. The highest BCUT2D eigenvalue weighted by molar-refractivity contribution is 5.26. The molecule has 5 nitrogen and oxygen atoms in total. The SMILES string of the molecule is COc1ccc(CN(C)CCCN2CCN(CCCN)CC2)cc1. The van der Waals surface area contributed by atoms with Crippen LogP contribution in [0.5, 0.6) is 5.75 Å². The van der Waals surface area contributed by atoms with Crippen molar-refractivity contribution < 1.29 is 4.74 Å². The number of nitrogens with two attached hydrogens (primary N) is 1. The molecule has 24 heavy (non-hydrogen) atoms. The molecule has 0 radical (unpaired) electrons. The van der Waals surface area contributed by atoms with E-state index in [1.165, 1.54) is 44.7 Å². The summed E-state index contributed by atoms with van der Waals surface area (Å²) in [5, 5.41) is 0. The Balaban J connectivity index is 1.58. The van der Waals surface area contributed by atoms with Crippen molar-refractivity contribution in [2.45, 2.75) is 19.4 Å². The summed E-state index contributed by atoms with van der Waals surface area (Å²) in [5.41, 5.74) is 6.93. The van der Waals surface area contributed by atoms with Crippen molar-refractivity contribution in [3.05, 3.63) is 29.8 Å². The number of rotatable bonds is 10. The predicted octanol–water partition coefficient (Wildman–Crippen LogP) is 1.48. The van der Waals surface area contributed by atoms with Crippen LogP contribution in [0.4, 0.5) is 0 Å². The normalized spacial score (nSPS) is 16.7. The van der Waals surface area contributed by atoms with E-state index in [1.807, 2.05) is 12.1 Å². The van der Waals surface area contributed by atoms with Gasteiger partial charge in [-0.3, -0.25) is 0 Å². The molecule has 0 bridgehead atoms. The van der Waals surface area contributed by atoms with Gasteiger partial charge in [0.25, 0.3) is 0 Å². The molecule has 5 heteroatoms. The largest absolute Gasteiger partial charge is 0.497 e. The van der Waals surface area contributed by atoms with Crippen LogP contribution >= 0.6 is 0 Å². The zero-order valence-electron chi connectivity index (χ0n) is 15.4. The van der Waals surface area contributed by atoms with Gasteiger partial charge in [-0.1, -0.05) is 12.1 Å². The zero-order valence-corrected chi connectivity index (χ0v) is 15.4. The van der Waals surface area contributed by atoms with Crippen LogP contribution in [0.15, 0.2) is 24.3 Å². The first-order valence-electron chi connectivity index (χ1n) is 9.17. The Bertz CT molecular complexity index is 443. The third-order valence-corrected chi connectivity index (χ3v) is 4.77. The minimum absolute atomic E-state index is 0.806. The highest BCUT2D eigenvalue weighted by Gasteiger charge is 2.15. The van der Waals surface area contributed by atoms with Crippen LogP contribution in [-0.2, 0) is 6.54 Å². The second kappa shape index (κ2) is 10.7. The Morgan fingerprint density at radius 3 is 2.12 bits per heavy atom. The summed E-state index contributed by atoms with van der Waals surface area (Å²) in [6, 6.07) is 8.37. The van der Waals surface area contributed by atoms with E-state index < -0.39 is 0 Å². The first-order valence-corrected chi connectivity index (χ1v) is 9.17.